The summed E-state index contributed by atoms with van der Waals surface area (Å²) in [5.74, 6) is 0.110. The maximum absolute atomic E-state index is 14.0. The molecule has 116 valence electrons. The van der Waals surface area contributed by atoms with E-state index in [9.17, 15) is 9.18 Å². The third-order valence-electron chi connectivity index (χ3n) is 3.77. The van der Waals surface area contributed by atoms with Crippen molar-refractivity contribution in [3.8, 4) is 5.69 Å². The van der Waals surface area contributed by atoms with Crippen LogP contribution in [0.5, 0.6) is 0 Å². The molecule has 6 nitrogen and oxygen atoms in total. The van der Waals surface area contributed by atoms with Gasteiger partial charge in [0.1, 0.15) is 5.82 Å². The number of hydrogen-bond acceptors (Lipinski definition) is 4. The number of nitrogens with two attached hydrogens (primary N) is 1. The number of carbonyl (C=O) groups is 1. The molecule has 1 aliphatic heterocycles. The third-order valence-corrected chi connectivity index (χ3v) is 3.77. The summed E-state index contributed by atoms with van der Waals surface area (Å²) >= 11 is 0. The molecule has 0 bridgehead atoms. The van der Waals surface area contributed by atoms with Crippen LogP contribution in [0.1, 0.15) is 0 Å². The second-order valence-corrected chi connectivity index (χ2v) is 5.28. The molecule has 2 N–H and O–H groups in total. The van der Waals surface area contributed by atoms with Crippen molar-refractivity contribution in [2.45, 2.75) is 0 Å². The number of primary amides is 1. The predicted molar refractivity (Wildman–Crippen MR) is 81.4 cm³/mol. The lowest BCUT2D eigenvalue weighted by atomic mass is 10.3. The van der Waals surface area contributed by atoms with E-state index >= 15 is 0 Å². The lowest BCUT2D eigenvalue weighted by Gasteiger charge is -2.34. The van der Waals surface area contributed by atoms with E-state index in [-0.39, 0.29) is 18.3 Å². The minimum atomic E-state index is -0.318. The Morgan fingerprint density at radius 3 is 2.64 bits per heavy atom. The molecule has 3 rings (SSSR count). The van der Waals surface area contributed by atoms with Crippen molar-refractivity contribution in [3.05, 3.63) is 42.5 Å². The van der Waals surface area contributed by atoms with Crippen molar-refractivity contribution in [3.63, 3.8) is 0 Å². The number of hydrogen-bond donors (Lipinski definition) is 1. The zero-order chi connectivity index (χ0) is 15.5. The maximum Gasteiger partial charge on any atom is 0.231 e. The molecule has 1 aliphatic rings. The van der Waals surface area contributed by atoms with Crippen LogP contribution in [0.4, 0.5) is 10.3 Å². The fraction of sp³-hybridized carbons (Fsp3) is 0.333. The van der Waals surface area contributed by atoms with Crippen molar-refractivity contribution < 1.29 is 9.18 Å². The Morgan fingerprint density at radius 1 is 1.23 bits per heavy atom. The molecule has 0 aliphatic carbocycles. The highest BCUT2D eigenvalue weighted by molar-refractivity contribution is 5.75. The first-order valence-electron chi connectivity index (χ1n) is 7.19. The first-order chi connectivity index (χ1) is 10.6. The van der Waals surface area contributed by atoms with Crippen molar-refractivity contribution in [2.24, 2.45) is 5.73 Å². The molecule has 2 aromatic rings. The Hall–Kier alpha value is -2.41. The zero-order valence-corrected chi connectivity index (χ0v) is 12.2. The number of amides is 1. The number of nitrogens with zero attached hydrogens (tertiary/aromatic N) is 4. The molecule has 1 saturated heterocycles. The number of piperazine rings is 1. The van der Waals surface area contributed by atoms with Crippen LogP contribution in [-0.2, 0) is 4.79 Å². The van der Waals surface area contributed by atoms with Crippen LogP contribution in [0, 0.1) is 5.82 Å². The molecule has 0 radical (unpaired) electrons. The lowest BCUT2D eigenvalue weighted by molar-refractivity contribution is -0.119. The Bertz CT molecular complexity index is 663. The van der Waals surface area contributed by atoms with Gasteiger partial charge in [0.15, 0.2) is 0 Å². The number of halogens is 1. The molecule has 1 fully saturated rings. The Morgan fingerprint density at radius 2 is 1.95 bits per heavy atom. The smallest absolute Gasteiger partial charge is 0.231 e. The number of rotatable bonds is 4. The van der Waals surface area contributed by atoms with Gasteiger partial charge in [0, 0.05) is 38.6 Å². The van der Waals surface area contributed by atoms with Gasteiger partial charge >= 0.3 is 0 Å². The van der Waals surface area contributed by atoms with E-state index in [1.54, 1.807) is 35.2 Å². The molecule has 0 unspecified atom stereocenters. The van der Waals surface area contributed by atoms with Crippen LogP contribution < -0.4 is 10.6 Å². The van der Waals surface area contributed by atoms with Gasteiger partial charge in [-0.2, -0.15) is 0 Å². The second kappa shape index (κ2) is 6.15. The number of imidazole rings is 1. The van der Waals surface area contributed by atoms with Crippen LogP contribution >= 0.6 is 0 Å². The summed E-state index contributed by atoms with van der Waals surface area (Å²) in [6.07, 6.45) is 3.42. The topological polar surface area (TPSA) is 67.4 Å². The van der Waals surface area contributed by atoms with Gasteiger partial charge < -0.3 is 10.6 Å². The number of carbonyl (C=O) groups excluding carboxylic acids is 1. The van der Waals surface area contributed by atoms with Gasteiger partial charge in [0.25, 0.3) is 0 Å². The summed E-state index contributed by atoms with van der Waals surface area (Å²) in [5, 5.41) is 0. The van der Waals surface area contributed by atoms with E-state index in [0.717, 1.165) is 26.2 Å². The average Bonchev–Trinajstić information content (AvgIpc) is 2.97. The van der Waals surface area contributed by atoms with Crippen LogP contribution in [0.25, 0.3) is 5.69 Å². The van der Waals surface area contributed by atoms with Gasteiger partial charge in [-0.25, -0.2) is 9.37 Å². The number of anilines is 1. The summed E-state index contributed by atoms with van der Waals surface area (Å²) in [4.78, 5) is 19.4. The number of aromatic nitrogens is 2. The number of benzene rings is 1. The van der Waals surface area contributed by atoms with Gasteiger partial charge in [0.05, 0.1) is 12.2 Å². The highest BCUT2D eigenvalue weighted by Crippen LogP contribution is 2.21. The average molecular weight is 303 g/mol. The van der Waals surface area contributed by atoms with E-state index in [1.807, 2.05) is 4.90 Å². The lowest BCUT2D eigenvalue weighted by Crippen LogP contribution is -2.49. The SMILES string of the molecule is NC(=O)CN1CCN(c2nccn2-c2ccccc2F)CC1. The second-order valence-electron chi connectivity index (χ2n) is 5.28. The summed E-state index contributed by atoms with van der Waals surface area (Å²) in [6, 6.07) is 6.62. The van der Waals surface area contributed by atoms with Crippen LogP contribution in [0.3, 0.4) is 0 Å². The van der Waals surface area contributed by atoms with Gasteiger partial charge in [-0.15, -0.1) is 0 Å². The molecule has 2 heterocycles. The number of para-hydroxylation sites is 1. The van der Waals surface area contributed by atoms with Gasteiger partial charge in [-0.05, 0) is 12.1 Å². The van der Waals surface area contributed by atoms with Crippen molar-refractivity contribution in [1.82, 2.24) is 14.5 Å². The molecule has 1 aromatic heterocycles. The molecule has 7 heteroatoms. The Labute approximate surface area is 127 Å². The molecule has 0 spiro atoms. The molecular weight excluding hydrogens is 285 g/mol. The predicted octanol–water partition coefficient (Wildman–Crippen LogP) is 0.619. The van der Waals surface area contributed by atoms with Gasteiger partial charge in [-0.1, -0.05) is 12.1 Å². The fourth-order valence-electron chi connectivity index (χ4n) is 2.69. The Kier molecular flexibility index (Phi) is 4.06. The van der Waals surface area contributed by atoms with Crippen molar-refractivity contribution >= 4 is 11.9 Å². The zero-order valence-electron chi connectivity index (χ0n) is 12.2. The normalized spacial score (nSPS) is 16.0. The van der Waals surface area contributed by atoms with E-state index in [0.29, 0.717) is 11.6 Å². The molecular formula is C15H18FN5O. The fourth-order valence-corrected chi connectivity index (χ4v) is 2.69. The first-order valence-corrected chi connectivity index (χ1v) is 7.19. The molecule has 1 amide bonds. The largest absolute Gasteiger partial charge is 0.369 e. The Balaban J connectivity index is 1.77. The highest BCUT2D eigenvalue weighted by Gasteiger charge is 2.22. The van der Waals surface area contributed by atoms with Crippen molar-refractivity contribution in [2.75, 3.05) is 37.6 Å². The van der Waals surface area contributed by atoms with Crippen LogP contribution in [0.15, 0.2) is 36.7 Å². The van der Waals surface area contributed by atoms with E-state index in [1.165, 1.54) is 6.07 Å². The van der Waals surface area contributed by atoms with E-state index < -0.39 is 0 Å². The monoisotopic (exact) mass is 303 g/mol. The van der Waals surface area contributed by atoms with Gasteiger partial charge in [0.2, 0.25) is 11.9 Å². The summed E-state index contributed by atoms with van der Waals surface area (Å²) in [5.41, 5.74) is 5.70. The maximum atomic E-state index is 14.0. The minimum absolute atomic E-state index is 0.273. The van der Waals surface area contributed by atoms with Crippen molar-refractivity contribution in [1.29, 1.82) is 0 Å². The minimum Gasteiger partial charge on any atom is -0.369 e. The first kappa shape index (κ1) is 14.5. The molecule has 0 saturated carbocycles. The van der Waals surface area contributed by atoms with Crippen LogP contribution in [-0.4, -0.2) is 53.1 Å². The molecule has 1 aromatic carbocycles. The third kappa shape index (κ3) is 2.94. The summed E-state index contributed by atoms with van der Waals surface area (Å²) in [7, 11) is 0. The van der Waals surface area contributed by atoms with E-state index in [2.05, 4.69) is 9.88 Å². The summed E-state index contributed by atoms with van der Waals surface area (Å²) in [6.45, 7) is 3.17. The molecule has 0 atom stereocenters. The van der Waals surface area contributed by atoms with E-state index in [4.69, 9.17) is 5.73 Å². The quantitative estimate of drug-likeness (QED) is 0.899. The molecule has 22 heavy (non-hydrogen) atoms. The summed E-state index contributed by atoms with van der Waals surface area (Å²) < 4.78 is 15.7. The highest BCUT2D eigenvalue weighted by atomic mass is 19.1. The van der Waals surface area contributed by atoms with Crippen LogP contribution in [0.2, 0.25) is 0 Å². The standard InChI is InChI=1S/C15H18FN5O/c16-12-3-1-2-4-13(12)21-6-5-18-15(21)20-9-7-19(8-10-20)11-14(17)22/h1-6H,7-11H2,(H2,17,22). The van der Waals surface area contributed by atoms with Gasteiger partial charge in [-0.3, -0.25) is 14.3 Å².